The Kier molecular flexibility index (Phi) is 3.13. The highest BCUT2D eigenvalue weighted by Gasteiger charge is 2.24. The van der Waals surface area contributed by atoms with Crippen LogP contribution in [0.5, 0.6) is 0 Å². The molecule has 1 fully saturated rings. The lowest BCUT2D eigenvalue weighted by atomic mass is 10.1. The molecule has 0 amide bonds. The Balaban J connectivity index is 1.92. The second-order valence-electron chi connectivity index (χ2n) is 4.38. The molecular formula is C12H15N3O2S. The zero-order chi connectivity index (χ0) is 12.5. The van der Waals surface area contributed by atoms with Crippen LogP contribution in [0, 0.1) is 6.92 Å². The van der Waals surface area contributed by atoms with E-state index in [2.05, 4.69) is 22.0 Å². The Morgan fingerprint density at radius 3 is 3.00 bits per heavy atom. The third-order valence-corrected chi connectivity index (χ3v) is 4.07. The van der Waals surface area contributed by atoms with Crippen LogP contribution in [0.2, 0.25) is 0 Å². The molecule has 2 aromatic rings. The fraction of sp³-hybridized carbons (Fsp3) is 0.583. The monoisotopic (exact) mass is 265 g/mol. The minimum atomic E-state index is 0.279. The number of hydrogen-bond acceptors (Lipinski definition) is 6. The van der Waals surface area contributed by atoms with Crippen molar-refractivity contribution in [3.8, 4) is 10.8 Å². The number of ether oxygens (including phenoxy) is 1. The van der Waals surface area contributed by atoms with Crippen LogP contribution in [0.15, 0.2) is 4.52 Å². The summed E-state index contributed by atoms with van der Waals surface area (Å²) < 4.78 is 10.7. The SMILES string of the molecule is CCc1nc(C)sc1-c1nc([C@H]2CCOC2)no1. The Morgan fingerprint density at radius 1 is 1.39 bits per heavy atom. The van der Waals surface area contributed by atoms with Crippen molar-refractivity contribution in [2.24, 2.45) is 0 Å². The fourth-order valence-electron chi connectivity index (χ4n) is 2.11. The molecule has 18 heavy (non-hydrogen) atoms. The Labute approximate surface area is 109 Å². The van der Waals surface area contributed by atoms with E-state index < -0.39 is 0 Å². The van der Waals surface area contributed by atoms with E-state index in [4.69, 9.17) is 9.26 Å². The van der Waals surface area contributed by atoms with Gasteiger partial charge in [-0.05, 0) is 19.8 Å². The van der Waals surface area contributed by atoms with Crippen molar-refractivity contribution in [2.45, 2.75) is 32.6 Å². The molecule has 1 saturated heterocycles. The molecule has 5 nitrogen and oxygen atoms in total. The van der Waals surface area contributed by atoms with Gasteiger partial charge in [-0.2, -0.15) is 4.98 Å². The molecule has 0 N–H and O–H groups in total. The van der Waals surface area contributed by atoms with E-state index in [-0.39, 0.29) is 5.92 Å². The summed E-state index contributed by atoms with van der Waals surface area (Å²) in [4.78, 5) is 9.98. The molecule has 0 aliphatic carbocycles. The molecule has 0 unspecified atom stereocenters. The van der Waals surface area contributed by atoms with Gasteiger partial charge in [-0.25, -0.2) is 4.98 Å². The highest BCUT2D eigenvalue weighted by atomic mass is 32.1. The standard InChI is InChI=1S/C12H15N3O2S/c1-3-9-10(18-7(2)13-9)12-14-11(15-17-12)8-4-5-16-6-8/h8H,3-6H2,1-2H3/t8-/m0/s1. The average molecular weight is 265 g/mol. The fourth-order valence-corrected chi connectivity index (χ4v) is 3.04. The zero-order valence-electron chi connectivity index (χ0n) is 10.5. The predicted octanol–water partition coefficient (Wildman–Crippen LogP) is 2.57. The van der Waals surface area contributed by atoms with Crippen molar-refractivity contribution >= 4 is 11.3 Å². The molecule has 3 rings (SSSR count). The molecule has 3 heterocycles. The summed E-state index contributed by atoms with van der Waals surface area (Å²) in [5.74, 6) is 1.64. The quantitative estimate of drug-likeness (QED) is 0.853. The Bertz CT molecular complexity index is 543. The molecule has 1 atom stereocenters. The second kappa shape index (κ2) is 4.78. The van der Waals surface area contributed by atoms with E-state index in [1.54, 1.807) is 11.3 Å². The largest absolute Gasteiger partial charge is 0.381 e. The smallest absolute Gasteiger partial charge is 0.269 e. The van der Waals surface area contributed by atoms with Gasteiger partial charge < -0.3 is 9.26 Å². The van der Waals surface area contributed by atoms with Gasteiger partial charge in [0.15, 0.2) is 5.82 Å². The summed E-state index contributed by atoms with van der Waals surface area (Å²) in [6.07, 6.45) is 1.85. The Morgan fingerprint density at radius 2 is 2.28 bits per heavy atom. The summed E-state index contributed by atoms with van der Waals surface area (Å²) in [5, 5.41) is 5.11. The Hall–Kier alpha value is -1.27. The molecule has 0 aromatic carbocycles. The molecule has 1 aliphatic heterocycles. The van der Waals surface area contributed by atoms with Crippen LogP contribution in [0.3, 0.4) is 0 Å². The summed E-state index contributed by atoms with van der Waals surface area (Å²) in [6.45, 7) is 5.56. The lowest BCUT2D eigenvalue weighted by Crippen LogP contribution is -1.99. The first kappa shape index (κ1) is 11.8. The van der Waals surface area contributed by atoms with Gasteiger partial charge in [-0.3, -0.25) is 0 Å². The van der Waals surface area contributed by atoms with Gasteiger partial charge in [0, 0.05) is 12.5 Å². The van der Waals surface area contributed by atoms with Gasteiger partial charge in [0.25, 0.3) is 5.89 Å². The lowest BCUT2D eigenvalue weighted by molar-refractivity contribution is 0.192. The highest BCUT2D eigenvalue weighted by molar-refractivity contribution is 7.15. The van der Waals surface area contributed by atoms with E-state index in [0.717, 1.165) is 40.9 Å². The third-order valence-electron chi connectivity index (χ3n) is 3.07. The van der Waals surface area contributed by atoms with E-state index >= 15 is 0 Å². The summed E-state index contributed by atoms with van der Waals surface area (Å²) in [5.41, 5.74) is 1.04. The molecule has 0 radical (unpaired) electrons. The van der Waals surface area contributed by atoms with Crippen molar-refractivity contribution in [1.82, 2.24) is 15.1 Å². The maximum Gasteiger partial charge on any atom is 0.269 e. The highest BCUT2D eigenvalue weighted by Crippen LogP contribution is 2.31. The summed E-state index contributed by atoms with van der Waals surface area (Å²) >= 11 is 1.61. The van der Waals surface area contributed by atoms with Crippen LogP contribution >= 0.6 is 11.3 Å². The van der Waals surface area contributed by atoms with Crippen LogP contribution in [-0.4, -0.2) is 28.3 Å². The van der Waals surface area contributed by atoms with Crippen molar-refractivity contribution in [3.63, 3.8) is 0 Å². The van der Waals surface area contributed by atoms with E-state index in [0.29, 0.717) is 12.5 Å². The molecule has 0 spiro atoms. The lowest BCUT2D eigenvalue weighted by Gasteiger charge is -1.97. The van der Waals surface area contributed by atoms with Crippen molar-refractivity contribution < 1.29 is 9.26 Å². The first-order valence-corrected chi connectivity index (χ1v) is 6.97. The number of aromatic nitrogens is 3. The van der Waals surface area contributed by atoms with Crippen LogP contribution in [0.4, 0.5) is 0 Å². The van der Waals surface area contributed by atoms with Crippen molar-refractivity contribution in [2.75, 3.05) is 13.2 Å². The van der Waals surface area contributed by atoms with E-state index in [9.17, 15) is 0 Å². The predicted molar refractivity (Wildman–Crippen MR) is 67.7 cm³/mol. The molecule has 1 aliphatic rings. The van der Waals surface area contributed by atoms with Crippen LogP contribution in [0.1, 0.15) is 35.8 Å². The number of aryl methyl sites for hydroxylation is 2. The van der Waals surface area contributed by atoms with Crippen LogP contribution in [-0.2, 0) is 11.2 Å². The van der Waals surface area contributed by atoms with Gasteiger partial charge in [0.1, 0.15) is 4.88 Å². The molecule has 2 aromatic heterocycles. The van der Waals surface area contributed by atoms with Gasteiger partial charge >= 0.3 is 0 Å². The molecule has 6 heteroatoms. The van der Waals surface area contributed by atoms with Crippen molar-refractivity contribution in [3.05, 3.63) is 16.5 Å². The van der Waals surface area contributed by atoms with Crippen molar-refractivity contribution in [1.29, 1.82) is 0 Å². The number of thiazole rings is 1. The first-order chi connectivity index (χ1) is 8.78. The normalized spacial score (nSPS) is 19.6. The number of hydrogen-bond donors (Lipinski definition) is 0. The van der Waals surface area contributed by atoms with Gasteiger partial charge in [0.05, 0.1) is 17.3 Å². The minimum absolute atomic E-state index is 0.279. The second-order valence-corrected chi connectivity index (χ2v) is 5.58. The van der Waals surface area contributed by atoms with Crippen LogP contribution < -0.4 is 0 Å². The van der Waals surface area contributed by atoms with Crippen LogP contribution in [0.25, 0.3) is 10.8 Å². The van der Waals surface area contributed by atoms with Gasteiger partial charge in [0.2, 0.25) is 0 Å². The number of rotatable bonds is 3. The molecule has 0 bridgehead atoms. The third kappa shape index (κ3) is 2.06. The van der Waals surface area contributed by atoms with E-state index in [1.807, 2.05) is 6.92 Å². The molecule has 96 valence electrons. The zero-order valence-corrected chi connectivity index (χ0v) is 11.3. The average Bonchev–Trinajstić information content (AvgIpc) is 3.08. The van der Waals surface area contributed by atoms with E-state index in [1.165, 1.54) is 0 Å². The van der Waals surface area contributed by atoms with Gasteiger partial charge in [-0.15, -0.1) is 11.3 Å². The number of nitrogens with zero attached hydrogens (tertiary/aromatic N) is 3. The molecule has 0 saturated carbocycles. The molecular weight excluding hydrogens is 250 g/mol. The summed E-state index contributed by atoms with van der Waals surface area (Å²) in [6, 6.07) is 0. The van der Waals surface area contributed by atoms with Gasteiger partial charge in [-0.1, -0.05) is 12.1 Å². The maximum atomic E-state index is 5.37. The minimum Gasteiger partial charge on any atom is -0.381 e. The first-order valence-electron chi connectivity index (χ1n) is 6.16. The maximum absolute atomic E-state index is 5.37. The summed E-state index contributed by atoms with van der Waals surface area (Å²) in [7, 11) is 0. The topological polar surface area (TPSA) is 61.0 Å².